The van der Waals surface area contributed by atoms with Gasteiger partial charge in [-0.15, -0.1) is 0 Å². The highest BCUT2D eigenvalue weighted by Crippen LogP contribution is 2.36. The third-order valence-corrected chi connectivity index (χ3v) is 7.45. The molecule has 0 bridgehead atoms. The van der Waals surface area contributed by atoms with Crippen LogP contribution in [0.1, 0.15) is 42.0 Å². The fourth-order valence-corrected chi connectivity index (χ4v) is 5.74. The number of rotatable bonds is 6. The number of nitrogens with zero attached hydrogens (tertiary/aromatic N) is 5. The van der Waals surface area contributed by atoms with Gasteiger partial charge in [0.25, 0.3) is 5.92 Å². The fourth-order valence-electron chi connectivity index (χ4n) is 5.74. The van der Waals surface area contributed by atoms with Gasteiger partial charge in [0.2, 0.25) is 0 Å². The fraction of sp³-hybridized carbons (Fsp3) is 0.464. The summed E-state index contributed by atoms with van der Waals surface area (Å²) in [6.07, 6.45) is -1.48. The first-order valence-electron chi connectivity index (χ1n) is 13.0. The van der Waals surface area contributed by atoms with E-state index in [-0.39, 0.29) is 24.0 Å². The lowest BCUT2D eigenvalue weighted by Crippen LogP contribution is -2.51. The van der Waals surface area contributed by atoms with Gasteiger partial charge in [-0.2, -0.15) is 18.3 Å². The molecule has 39 heavy (non-hydrogen) atoms. The van der Waals surface area contributed by atoms with E-state index in [1.165, 1.54) is 22.9 Å². The monoisotopic (exact) mass is 551 g/mol. The Bertz CT molecular complexity index is 1290. The van der Waals surface area contributed by atoms with E-state index in [9.17, 15) is 26.3 Å². The Morgan fingerprint density at radius 3 is 2.36 bits per heavy atom. The van der Waals surface area contributed by atoms with Crippen molar-refractivity contribution in [3.8, 4) is 0 Å². The van der Waals surface area contributed by atoms with Crippen molar-refractivity contribution in [3.05, 3.63) is 76.7 Å². The minimum Gasteiger partial charge on any atom is -0.369 e. The van der Waals surface area contributed by atoms with Crippen molar-refractivity contribution in [2.75, 3.05) is 29.6 Å². The summed E-state index contributed by atoms with van der Waals surface area (Å²) in [5.41, 5.74) is 1.53. The first kappa shape index (κ1) is 27.4. The van der Waals surface area contributed by atoms with E-state index in [1.807, 2.05) is 17.9 Å². The van der Waals surface area contributed by atoms with Gasteiger partial charge in [0.05, 0.1) is 17.9 Å². The van der Waals surface area contributed by atoms with Crippen LogP contribution in [0, 0.1) is 12.7 Å². The highest BCUT2D eigenvalue weighted by atomic mass is 19.4. The molecular weight excluding hydrogens is 520 g/mol. The summed E-state index contributed by atoms with van der Waals surface area (Å²) in [5.74, 6) is -2.82. The van der Waals surface area contributed by atoms with Gasteiger partial charge in [-0.1, -0.05) is 30.3 Å². The van der Waals surface area contributed by atoms with E-state index >= 15 is 0 Å². The van der Waals surface area contributed by atoms with E-state index in [0.29, 0.717) is 43.4 Å². The quantitative estimate of drug-likeness (QED) is 0.329. The second-order valence-corrected chi connectivity index (χ2v) is 10.6. The average molecular weight is 552 g/mol. The third-order valence-electron chi connectivity index (χ3n) is 7.45. The predicted octanol–water partition coefficient (Wildman–Crippen LogP) is 6.45. The number of para-hydroxylation sites is 1. The van der Waals surface area contributed by atoms with Gasteiger partial charge in [0, 0.05) is 50.9 Å². The topological polar surface area (TPSA) is 27.5 Å². The second kappa shape index (κ2) is 10.4. The van der Waals surface area contributed by atoms with Gasteiger partial charge >= 0.3 is 6.18 Å². The van der Waals surface area contributed by atoms with E-state index in [2.05, 4.69) is 10.00 Å². The van der Waals surface area contributed by atoms with Crippen LogP contribution in [0.15, 0.2) is 48.7 Å². The molecule has 0 aliphatic carbocycles. The van der Waals surface area contributed by atoms with Crippen LogP contribution in [0.5, 0.6) is 0 Å². The summed E-state index contributed by atoms with van der Waals surface area (Å²) in [7, 11) is 0. The zero-order chi connectivity index (χ0) is 27.9. The summed E-state index contributed by atoms with van der Waals surface area (Å²) in [6.45, 7) is 4.03. The third kappa shape index (κ3) is 6.03. The Morgan fingerprint density at radius 2 is 1.69 bits per heavy atom. The van der Waals surface area contributed by atoms with Gasteiger partial charge in [-0.05, 0) is 43.0 Å². The minimum absolute atomic E-state index is 0.0635. The zero-order valence-corrected chi connectivity index (χ0v) is 21.9. The van der Waals surface area contributed by atoms with Crippen LogP contribution in [-0.4, -0.2) is 46.4 Å². The summed E-state index contributed by atoms with van der Waals surface area (Å²) >= 11 is 0. The van der Waals surface area contributed by atoms with Gasteiger partial charge < -0.3 is 9.80 Å². The largest absolute Gasteiger partial charge is 0.416 e. The van der Waals surface area contributed by atoms with Gasteiger partial charge in [0.1, 0.15) is 12.4 Å². The number of hydrogen-bond donors (Lipinski definition) is 0. The van der Waals surface area contributed by atoms with Crippen molar-refractivity contribution in [1.29, 1.82) is 0 Å². The standard InChI is InChI=1S/C28H31F6N5/c1-19-6-5-9-24(29)25(19)36-12-10-22(11-13-36)37-15-21-16-39(17-27(2,30)31)35-26(21)38(18-37)14-20-7-3-4-8-23(20)28(32,33)34/h3-9,16,22H,10-15,17-18H2,1-2H3. The first-order chi connectivity index (χ1) is 18.4. The summed E-state index contributed by atoms with van der Waals surface area (Å²) in [4.78, 5) is 5.94. The number of aromatic nitrogens is 2. The Morgan fingerprint density at radius 1 is 0.974 bits per heavy atom. The molecule has 0 amide bonds. The lowest BCUT2D eigenvalue weighted by atomic mass is 10.00. The Balaban J connectivity index is 1.39. The van der Waals surface area contributed by atoms with Crippen LogP contribution in [0.3, 0.4) is 0 Å². The molecule has 0 atom stereocenters. The van der Waals surface area contributed by atoms with Crippen LogP contribution >= 0.6 is 0 Å². The number of fused-ring (bicyclic) bond motifs is 1. The molecule has 1 saturated heterocycles. The molecule has 0 radical (unpaired) electrons. The maximum atomic E-state index is 14.5. The van der Waals surface area contributed by atoms with Crippen LogP contribution in [0.4, 0.5) is 37.8 Å². The molecule has 1 fully saturated rings. The highest BCUT2D eigenvalue weighted by molar-refractivity contribution is 5.55. The molecule has 1 aromatic heterocycles. The smallest absolute Gasteiger partial charge is 0.369 e. The lowest BCUT2D eigenvalue weighted by molar-refractivity contribution is -0.138. The Labute approximate surface area is 223 Å². The number of piperidine rings is 1. The van der Waals surface area contributed by atoms with Crippen molar-refractivity contribution < 1.29 is 26.3 Å². The molecule has 210 valence electrons. The molecule has 0 saturated carbocycles. The number of aryl methyl sites for hydroxylation is 1. The summed E-state index contributed by atoms with van der Waals surface area (Å²) < 4.78 is 84.4. The van der Waals surface area contributed by atoms with Gasteiger partial charge in [-0.3, -0.25) is 9.58 Å². The highest BCUT2D eigenvalue weighted by Gasteiger charge is 2.37. The van der Waals surface area contributed by atoms with E-state index < -0.39 is 24.2 Å². The predicted molar refractivity (Wildman–Crippen MR) is 137 cm³/mol. The summed E-state index contributed by atoms with van der Waals surface area (Å²) in [6, 6.07) is 10.5. The van der Waals surface area contributed by atoms with Crippen LogP contribution in [0.25, 0.3) is 0 Å². The Kier molecular flexibility index (Phi) is 7.30. The van der Waals surface area contributed by atoms with E-state index in [1.54, 1.807) is 23.2 Å². The van der Waals surface area contributed by atoms with E-state index in [0.717, 1.165) is 31.4 Å². The second-order valence-electron chi connectivity index (χ2n) is 10.6. The lowest BCUT2D eigenvalue weighted by Gasteiger charge is -2.44. The molecule has 0 unspecified atom stereocenters. The molecular formula is C28H31F6N5. The molecule has 0 N–H and O–H groups in total. The van der Waals surface area contributed by atoms with Crippen molar-refractivity contribution in [3.63, 3.8) is 0 Å². The molecule has 2 aliphatic heterocycles. The van der Waals surface area contributed by atoms with Gasteiger partial charge in [0.15, 0.2) is 5.82 Å². The molecule has 0 spiro atoms. The minimum atomic E-state index is -4.52. The number of halogens is 6. The van der Waals surface area contributed by atoms with Crippen molar-refractivity contribution in [2.24, 2.45) is 0 Å². The number of alkyl halides is 5. The Hall–Kier alpha value is -3.21. The molecule has 5 nitrogen and oxygen atoms in total. The maximum Gasteiger partial charge on any atom is 0.416 e. The summed E-state index contributed by atoms with van der Waals surface area (Å²) in [5, 5.41) is 4.36. The molecule has 3 aromatic rings. The van der Waals surface area contributed by atoms with Crippen molar-refractivity contribution in [2.45, 2.75) is 64.5 Å². The normalized spacial score (nSPS) is 17.5. The first-order valence-corrected chi connectivity index (χ1v) is 13.0. The molecule has 5 rings (SSSR count). The SMILES string of the molecule is Cc1cccc(F)c1N1CCC(N2Cc3cn(CC(C)(F)F)nc3N(Cc3ccccc3C(F)(F)F)C2)CC1. The molecule has 3 heterocycles. The van der Waals surface area contributed by atoms with Crippen LogP contribution in [0.2, 0.25) is 0 Å². The molecule has 2 aliphatic rings. The van der Waals surface area contributed by atoms with Crippen LogP contribution in [-0.2, 0) is 25.8 Å². The van der Waals surface area contributed by atoms with Crippen molar-refractivity contribution >= 4 is 11.5 Å². The van der Waals surface area contributed by atoms with E-state index in [4.69, 9.17) is 0 Å². The van der Waals surface area contributed by atoms with Gasteiger partial charge in [-0.25, -0.2) is 13.2 Å². The molecule has 2 aromatic carbocycles. The molecule has 11 heteroatoms. The number of hydrogen-bond acceptors (Lipinski definition) is 4. The number of benzene rings is 2. The van der Waals surface area contributed by atoms with Crippen LogP contribution < -0.4 is 9.80 Å². The maximum absolute atomic E-state index is 14.5. The number of anilines is 2. The van der Waals surface area contributed by atoms with Crippen molar-refractivity contribution in [1.82, 2.24) is 14.7 Å². The average Bonchev–Trinajstić information content (AvgIpc) is 3.25. The zero-order valence-electron chi connectivity index (χ0n) is 21.9.